The van der Waals surface area contributed by atoms with Gasteiger partial charge in [0.2, 0.25) is 0 Å². The number of carbonyl (C=O) groups excluding carboxylic acids is 2. The number of halogens is 2. The van der Waals surface area contributed by atoms with Crippen LogP contribution in [0.5, 0.6) is 0 Å². The fourth-order valence-corrected chi connectivity index (χ4v) is 4.11. The molecule has 1 fully saturated rings. The zero-order valence-corrected chi connectivity index (χ0v) is 19.3. The van der Waals surface area contributed by atoms with Crippen molar-refractivity contribution in [2.45, 2.75) is 32.4 Å². The SMILES string of the molecule is CCC(C)[C@H](NC(=O)N1CCN(C(c2ccc(F)cc2)c2ccc(F)cc2)CC1)C(=O)OC. The summed E-state index contributed by atoms with van der Waals surface area (Å²) in [5.74, 6) is -1.15. The molecule has 0 spiro atoms. The highest BCUT2D eigenvalue weighted by Gasteiger charge is 2.32. The minimum Gasteiger partial charge on any atom is -0.467 e. The zero-order chi connectivity index (χ0) is 24.0. The van der Waals surface area contributed by atoms with Crippen LogP contribution in [0.3, 0.4) is 0 Å². The summed E-state index contributed by atoms with van der Waals surface area (Å²) >= 11 is 0. The van der Waals surface area contributed by atoms with Gasteiger partial charge in [0.1, 0.15) is 17.7 Å². The van der Waals surface area contributed by atoms with Crippen LogP contribution in [0, 0.1) is 17.6 Å². The predicted molar refractivity (Wildman–Crippen MR) is 122 cm³/mol. The number of methoxy groups -OCH3 is 1. The second-order valence-corrected chi connectivity index (χ2v) is 8.36. The Bertz CT molecular complexity index is 883. The van der Waals surface area contributed by atoms with Crippen molar-refractivity contribution in [3.63, 3.8) is 0 Å². The zero-order valence-electron chi connectivity index (χ0n) is 19.3. The lowest BCUT2D eigenvalue weighted by Gasteiger charge is -2.40. The molecule has 0 saturated carbocycles. The number of amides is 2. The lowest BCUT2D eigenvalue weighted by Crippen LogP contribution is -2.56. The quantitative estimate of drug-likeness (QED) is 0.637. The molecule has 1 saturated heterocycles. The Morgan fingerprint density at radius 3 is 1.85 bits per heavy atom. The van der Waals surface area contributed by atoms with Crippen molar-refractivity contribution in [3.05, 3.63) is 71.3 Å². The topological polar surface area (TPSA) is 61.9 Å². The number of piperazine rings is 1. The van der Waals surface area contributed by atoms with Crippen LogP contribution in [0.4, 0.5) is 13.6 Å². The molecule has 0 bridgehead atoms. The van der Waals surface area contributed by atoms with Crippen LogP contribution in [0.2, 0.25) is 0 Å². The van der Waals surface area contributed by atoms with Crippen LogP contribution in [0.1, 0.15) is 37.4 Å². The van der Waals surface area contributed by atoms with Crippen LogP contribution in [-0.4, -0.2) is 61.1 Å². The van der Waals surface area contributed by atoms with Gasteiger partial charge in [-0.05, 0) is 41.3 Å². The highest BCUT2D eigenvalue weighted by Crippen LogP contribution is 2.30. The average molecular weight is 460 g/mol. The Morgan fingerprint density at radius 1 is 0.939 bits per heavy atom. The third kappa shape index (κ3) is 6.07. The number of ether oxygens (including phenoxy) is 1. The average Bonchev–Trinajstić information content (AvgIpc) is 2.84. The molecule has 0 aliphatic carbocycles. The Labute approximate surface area is 193 Å². The number of rotatable bonds is 7. The van der Waals surface area contributed by atoms with E-state index < -0.39 is 12.0 Å². The van der Waals surface area contributed by atoms with E-state index in [4.69, 9.17) is 4.74 Å². The van der Waals surface area contributed by atoms with Crippen molar-refractivity contribution in [2.75, 3.05) is 33.3 Å². The minimum atomic E-state index is -0.697. The van der Waals surface area contributed by atoms with E-state index in [2.05, 4.69) is 10.2 Å². The Balaban J connectivity index is 1.72. The standard InChI is InChI=1S/C25H31F2N3O3/c1-4-17(2)22(24(31)33-3)28-25(32)30-15-13-29(14-16-30)23(18-5-9-20(26)10-6-18)19-7-11-21(27)12-8-19/h5-12,17,22-23H,4,13-16H2,1-3H3,(H,28,32)/t17?,22-/m0/s1. The first-order chi connectivity index (χ1) is 15.8. The van der Waals surface area contributed by atoms with Gasteiger partial charge >= 0.3 is 12.0 Å². The van der Waals surface area contributed by atoms with Gasteiger partial charge in [0.25, 0.3) is 0 Å². The molecule has 1 aliphatic rings. The summed E-state index contributed by atoms with van der Waals surface area (Å²) in [6, 6.07) is 11.4. The number of nitrogens with zero attached hydrogens (tertiary/aromatic N) is 2. The molecule has 6 nitrogen and oxygen atoms in total. The monoisotopic (exact) mass is 459 g/mol. The van der Waals surface area contributed by atoms with Crippen molar-refractivity contribution in [3.8, 4) is 0 Å². The van der Waals surface area contributed by atoms with E-state index in [1.165, 1.54) is 31.4 Å². The first-order valence-corrected chi connectivity index (χ1v) is 11.2. The molecular formula is C25H31F2N3O3. The highest BCUT2D eigenvalue weighted by molar-refractivity contribution is 5.83. The summed E-state index contributed by atoms with van der Waals surface area (Å²) < 4.78 is 31.9. The van der Waals surface area contributed by atoms with Crippen molar-refractivity contribution in [1.29, 1.82) is 0 Å². The van der Waals surface area contributed by atoms with Gasteiger partial charge in [-0.25, -0.2) is 18.4 Å². The van der Waals surface area contributed by atoms with E-state index in [9.17, 15) is 18.4 Å². The van der Waals surface area contributed by atoms with Crippen LogP contribution < -0.4 is 5.32 Å². The fourth-order valence-electron chi connectivity index (χ4n) is 4.11. The number of benzene rings is 2. The lowest BCUT2D eigenvalue weighted by atomic mass is 9.96. The fraction of sp³-hybridized carbons (Fsp3) is 0.440. The third-order valence-electron chi connectivity index (χ3n) is 6.29. The lowest BCUT2D eigenvalue weighted by molar-refractivity contribution is -0.144. The molecule has 2 atom stereocenters. The van der Waals surface area contributed by atoms with Crippen molar-refractivity contribution >= 4 is 12.0 Å². The van der Waals surface area contributed by atoms with E-state index >= 15 is 0 Å². The van der Waals surface area contributed by atoms with Gasteiger partial charge in [-0.1, -0.05) is 44.5 Å². The van der Waals surface area contributed by atoms with E-state index in [1.54, 1.807) is 29.2 Å². The maximum absolute atomic E-state index is 13.5. The van der Waals surface area contributed by atoms with Gasteiger partial charge in [-0.3, -0.25) is 4.90 Å². The Hall–Kier alpha value is -3.00. The van der Waals surface area contributed by atoms with E-state index in [0.717, 1.165) is 17.5 Å². The molecule has 2 amide bonds. The molecule has 0 aromatic heterocycles. The first-order valence-electron chi connectivity index (χ1n) is 11.2. The molecule has 1 aliphatic heterocycles. The van der Waals surface area contributed by atoms with Crippen LogP contribution in [0.25, 0.3) is 0 Å². The van der Waals surface area contributed by atoms with Gasteiger partial charge in [-0.15, -0.1) is 0 Å². The van der Waals surface area contributed by atoms with Crippen LogP contribution >= 0.6 is 0 Å². The molecule has 2 aromatic carbocycles. The normalized spacial score (nSPS) is 16.4. The summed E-state index contributed by atoms with van der Waals surface area (Å²) in [6.07, 6.45) is 0.727. The molecular weight excluding hydrogens is 428 g/mol. The molecule has 1 heterocycles. The number of hydrogen-bond acceptors (Lipinski definition) is 4. The number of esters is 1. The molecule has 2 aromatic rings. The molecule has 0 radical (unpaired) electrons. The third-order valence-corrected chi connectivity index (χ3v) is 6.29. The van der Waals surface area contributed by atoms with Gasteiger partial charge in [0, 0.05) is 26.2 Å². The smallest absolute Gasteiger partial charge is 0.328 e. The molecule has 1 N–H and O–H groups in total. The van der Waals surface area contributed by atoms with Gasteiger partial charge < -0.3 is 15.0 Å². The largest absolute Gasteiger partial charge is 0.467 e. The number of nitrogens with one attached hydrogen (secondary N) is 1. The molecule has 8 heteroatoms. The maximum Gasteiger partial charge on any atom is 0.328 e. The molecule has 33 heavy (non-hydrogen) atoms. The highest BCUT2D eigenvalue weighted by atomic mass is 19.1. The second-order valence-electron chi connectivity index (χ2n) is 8.36. The summed E-state index contributed by atoms with van der Waals surface area (Å²) in [6.45, 7) is 5.91. The van der Waals surface area contributed by atoms with Crippen molar-refractivity contribution < 1.29 is 23.1 Å². The van der Waals surface area contributed by atoms with Crippen molar-refractivity contribution in [1.82, 2.24) is 15.1 Å². The number of hydrogen-bond donors (Lipinski definition) is 1. The minimum absolute atomic E-state index is 0.0518. The maximum atomic E-state index is 13.5. The summed E-state index contributed by atoms with van der Waals surface area (Å²) in [5, 5.41) is 2.82. The molecule has 1 unspecified atom stereocenters. The molecule has 178 valence electrons. The van der Waals surface area contributed by atoms with E-state index in [1.807, 2.05) is 13.8 Å². The summed E-state index contributed by atoms with van der Waals surface area (Å²) in [7, 11) is 1.31. The number of urea groups is 1. The van der Waals surface area contributed by atoms with Crippen LogP contribution in [-0.2, 0) is 9.53 Å². The van der Waals surface area contributed by atoms with E-state index in [-0.39, 0.29) is 29.6 Å². The summed E-state index contributed by atoms with van der Waals surface area (Å²) in [5.41, 5.74) is 1.78. The molecule has 3 rings (SSSR count). The van der Waals surface area contributed by atoms with Gasteiger partial charge in [-0.2, -0.15) is 0 Å². The second kappa shape index (κ2) is 11.2. The van der Waals surface area contributed by atoms with E-state index in [0.29, 0.717) is 26.2 Å². The van der Waals surface area contributed by atoms with Crippen molar-refractivity contribution in [2.24, 2.45) is 5.92 Å². The Morgan fingerprint density at radius 2 is 1.42 bits per heavy atom. The number of carbonyl (C=O) groups is 2. The van der Waals surface area contributed by atoms with Crippen LogP contribution in [0.15, 0.2) is 48.5 Å². The Kier molecular flexibility index (Phi) is 8.38. The van der Waals surface area contributed by atoms with Gasteiger partial charge in [0.05, 0.1) is 13.2 Å². The summed E-state index contributed by atoms with van der Waals surface area (Å²) in [4.78, 5) is 28.8. The van der Waals surface area contributed by atoms with Gasteiger partial charge in [0.15, 0.2) is 0 Å². The first kappa shape index (κ1) is 24.6. The predicted octanol–water partition coefficient (Wildman–Crippen LogP) is 3.97.